The molecule has 0 atom stereocenters. The first-order valence-electron chi connectivity index (χ1n) is 9.91. The molecule has 1 aliphatic rings. The van der Waals surface area contributed by atoms with Crippen LogP contribution < -0.4 is 9.64 Å². The first-order chi connectivity index (χ1) is 14.7. The van der Waals surface area contributed by atoms with Gasteiger partial charge in [-0.15, -0.1) is 0 Å². The van der Waals surface area contributed by atoms with Crippen molar-refractivity contribution in [1.82, 2.24) is 14.9 Å². The largest absolute Gasteiger partial charge is 0.497 e. The van der Waals surface area contributed by atoms with E-state index in [0.717, 1.165) is 48.9 Å². The maximum absolute atomic E-state index is 12.7. The van der Waals surface area contributed by atoms with E-state index in [2.05, 4.69) is 27.0 Å². The van der Waals surface area contributed by atoms with Crippen LogP contribution in [0.4, 0.5) is 5.69 Å². The predicted molar refractivity (Wildman–Crippen MR) is 120 cm³/mol. The van der Waals surface area contributed by atoms with Crippen LogP contribution in [0.2, 0.25) is 0 Å². The van der Waals surface area contributed by atoms with E-state index in [1.165, 1.54) is 11.8 Å². The molecule has 1 aromatic heterocycles. The number of piperazine rings is 1. The molecule has 2 aromatic carbocycles. The van der Waals surface area contributed by atoms with Gasteiger partial charge < -0.3 is 14.5 Å². The smallest absolute Gasteiger partial charge is 0.233 e. The van der Waals surface area contributed by atoms with Gasteiger partial charge in [0.05, 0.1) is 18.6 Å². The summed E-state index contributed by atoms with van der Waals surface area (Å²) in [6.07, 6.45) is 1.75. The molecule has 4 rings (SSSR count). The lowest BCUT2D eigenvalue weighted by atomic mass is 10.1. The summed E-state index contributed by atoms with van der Waals surface area (Å²) in [5.41, 5.74) is 3.07. The number of carbonyl (C=O) groups is 1. The van der Waals surface area contributed by atoms with E-state index in [4.69, 9.17) is 4.74 Å². The minimum absolute atomic E-state index is 0.128. The molecule has 30 heavy (non-hydrogen) atoms. The second kappa shape index (κ2) is 9.63. The fraction of sp³-hybridized carbons (Fsp3) is 0.261. The highest BCUT2D eigenvalue weighted by Crippen LogP contribution is 2.22. The maximum atomic E-state index is 12.7. The molecule has 0 unspecified atom stereocenters. The van der Waals surface area contributed by atoms with Gasteiger partial charge in [0.2, 0.25) is 5.91 Å². The number of ether oxygens (including phenoxy) is 1. The van der Waals surface area contributed by atoms with E-state index in [1.54, 1.807) is 13.3 Å². The Kier molecular flexibility index (Phi) is 6.49. The monoisotopic (exact) mass is 420 g/mol. The summed E-state index contributed by atoms with van der Waals surface area (Å²) in [7, 11) is 1.67. The van der Waals surface area contributed by atoms with Crippen molar-refractivity contribution in [1.29, 1.82) is 0 Å². The molecule has 0 saturated carbocycles. The summed E-state index contributed by atoms with van der Waals surface area (Å²) in [5.74, 6) is 1.33. The van der Waals surface area contributed by atoms with Gasteiger partial charge in [-0.3, -0.25) is 4.79 Å². The Hall–Kier alpha value is -3.06. The SMILES string of the molecule is COc1ccc(N2CCN(C(=O)CSc3nccc(-c4ccccc4)n3)CC2)cc1. The Balaban J connectivity index is 1.29. The van der Waals surface area contributed by atoms with Crippen LogP contribution in [0, 0.1) is 0 Å². The normalized spacial score (nSPS) is 13.9. The molecule has 0 aliphatic carbocycles. The Morgan fingerprint density at radius 2 is 1.73 bits per heavy atom. The number of methoxy groups -OCH3 is 1. The summed E-state index contributed by atoms with van der Waals surface area (Å²) in [5, 5.41) is 0.626. The average Bonchev–Trinajstić information content (AvgIpc) is 2.83. The first-order valence-corrected chi connectivity index (χ1v) is 10.9. The summed E-state index contributed by atoms with van der Waals surface area (Å²) < 4.78 is 5.22. The second-order valence-electron chi connectivity index (χ2n) is 6.95. The van der Waals surface area contributed by atoms with Crippen LogP contribution in [0.15, 0.2) is 72.0 Å². The molecule has 2 heterocycles. The van der Waals surface area contributed by atoms with Gasteiger partial charge in [0.15, 0.2) is 5.16 Å². The van der Waals surface area contributed by atoms with Crippen LogP contribution in [0.3, 0.4) is 0 Å². The van der Waals surface area contributed by atoms with Gasteiger partial charge in [-0.2, -0.15) is 0 Å². The number of thioether (sulfide) groups is 1. The zero-order chi connectivity index (χ0) is 20.8. The lowest BCUT2D eigenvalue weighted by molar-refractivity contribution is -0.128. The number of carbonyl (C=O) groups excluding carboxylic acids is 1. The van der Waals surface area contributed by atoms with Gasteiger partial charge in [0.1, 0.15) is 5.75 Å². The number of hydrogen-bond donors (Lipinski definition) is 0. The molecule has 1 amide bonds. The summed E-state index contributed by atoms with van der Waals surface area (Å²) in [6, 6.07) is 19.9. The van der Waals surface area contributed by atoms with Crippen LogP contribution in [-0.4, -0.2) is 59.8 Å². The van der Waals surface area contributed by atoms with Crippen molar-refractivity contribution in [3.05, 3.63) is 66.9 Å². The molecule has 0 radical (unpaired) electrons. The van der Waals surface area contributed by atoms with Crippen molar-refractivity contribution in [2.75, 3.05) is 43.9 Å². The van der Waals surface area contributed by atoms with Gasteiger partial charge >= 0.3 is 0 Å². The highest BCUT2D eigenvalue weighted by atomic mass is 32.2. The van der Waals surface area contributed by atoms with Crippen LogP contribution in [0.5, 0.6) is 5.75 Å². The van der Waals surface area contributed by atoms with Gasteiger partial charge in [-0.1, -0.05) is 42.1 Å². The number of amides is 1. The minimum Gasteiger partial charge on any atom is -0.497 e. The van der Waals surface area contributed by atoms with Crippen LogP contribution in [0.1, 0.15) is 0 Å². The minimum atomic E-state index is 0.128. The molecule has 1 aliphatic heterocycles. The molecule has 7 heteroatoms. The highest BCUT2D eigenvalue weighted by molar-refractivity contribution is 7.99. The highest BCUT2D eigenvalue weighted by Gasteiger charge is 2.21. The standard InChI is InChI=1S/C23H24N4O2S/c1-29-20-9-7-19(8-10-20)26-13-15-27(16-14-26)22(28)17-30-23-24-12-11-21(25-23)18-5-3-2-4-6-18/h2-12H,13-17H2,1H3. The number of aromatic nitrogens is 2. The predicted octanol–water partition coefficient (Wildman–Crippen LogP) is 3.59. The number of hydrogen-bond acceptors (Lipinski definition) is 6. The third kappa shape index (κ3) is 4.91. The van der Waals surface area contributed by atoms with Crippen molar-refractivity contribution >= 4 is 23.4 Å². The van der Waals surface area contributed by atoms with Crippen LogP contribution in [-0.2, 0) is 4.79 Å². The number of nitrogens with zero attached hydrogens (tertiary/aromatic N) is 4. The summed E-state index contributed by atoms with van der Waals surface area (Å²) in [6.45, 7) is 3.08. The van der Waals surface area contributed by atoms with Crippen molar-refractivity contribution in [2.45, 2.75) is 5.16 Å². The molecule has 1 fully saturated rings. The van der Waals surface area contributed by atoms with Crippen LogP contribution in [0.25, 0.3) is 11.3 Å². The lowest BCUT2D eigenvalue weighted by Gasteiger charge is -2.36. The molecule has 0 spiro atoms. The molecule has 1 saturated heterocycles. The topological polar surface area (TPSA) is 58.6 Å². The van der Waals surface area contributed by atoms with Crippen molar-refractivity contribution in [2.24, 2.45) is 0 Å². The zero-order valence-corrected chi connectivity index (χ0v) is 17.7. The maximum Gasteiger partial charge on any atom is 0.233 e. The third-order valence-electron chi connectivity index (χ3n) is 5.10. The lowest BCUT2D eigenvalue weighted by Crippen LogP contribution is -2.49. The molecule has 3 aromatic rings. The Labute approximate surface area is 180 Å². The number of anilines is 1. The van der Waals surface area contributed by atoms with Gasteiger partial charge in [-0.25, -0.2) is 9.97 Å². The number of benzene rings is 2. The summed E-state index contributed by atoms with van der Waals surface area (Å²) in [4.78, 5) is 25.8. The number of rotatable bonds is 6. The van der Waals surface area contributed by atoms with E-state index < -0.39 is 0 Å². The fourth-order valence-corrected chi connectivity index (χ4v) is 4.14. The van der Waals surface area contributed by atoms with E-state index in [9.17, 15) is 4.79 Å². The molecular formula is C23H24N4O2S. The third-order valence-corrected chi connectivity index (χ3v) is 5.94. The summed E-state index contributed by atoms with van der Waals surface area (Å²) >= 11 is 1.39. The van der Waals surface area contributed by atoms with Crippen molar-refractivity contribution < 1.29 is 9.53 Å². The van der Waals surface area contributed by atoms with Gasteiger partial charge in [0.25, 0.3) is 0 Å². The Morgan fingerprint density at radius 3 is 2.43 bits per heavy atom. The van der Waals surface area contributed by atoms with E-state index in [0.29, 0.717) is 10.9 Å². The Bertz CT molecular complexity index is 974. The fourth-order valence-electron chi connectivity index (χ4n) is 3.40. The van der Waals surface area contributed by atoms with E-state index in [1.807, 2.05) is 53.4 Å². The van der Waals surface area contributed by atoms with Crippen molar-refractivity contribution in [3.63, 3.8) is 0 Å². The van der Waals surface area contributed by atoms with E-state index >= 15 is 0 Å². The molecule has 6 nitrogen and oxygen atoms in total. The molecule has 0 bridgehead atoms. The second-order valence-corrected chi connectivity index (χ2v) is 7.89. The van der Waals surface area contributed by atoms with E-state index in [-0.39, 0.29) is 5.91 Å². The van der Waals surface area contributed by atoms with Gasteiger partial charge in [0, 0.05) is 43.6 Å². The Morgan fingerprint density at radius 1 is 1.00 bits per heavy atom. The molecular weight excluding hydrogens is 396 g/mol. The molecule has 154 valence electrons. The zero-order valence-electron chi connectivity index (χ0n) is 16.9. The molecule has 0 N–H and O–H groups in total. The first kappa shape index (κ1) is 20.2. The van der Waals surface area contributed by atoms with Gasteiger partial charge in [-0.05, 0) is 30.3 Å². The average molecular weight is 421 g/mol. The van der Waals surface area contributed by atoms with Crippen LogP contribution >= 0.6 is 11.8 Å². The quantitative estimate of drug-likeness (QED) is 0.449. The van der Waals surface area contributed by atoms with Crippen molar-refractivity contribution in [3.8, 4) is 17.0 Å².